The molecule has 1 N–H and O–H groups in total. The summed E-state index contributed by atoms with van der Waals surface area (Å²) in [6.07, 6.45) is 0. The van der Waals surface area contributed by atoms with Gasteiger partial charge in [-0.3, -0.25) is 4.79 Å². The van der Waals surface area contributed by atoms with Crippen molar-refractivity contribution in [2.75, 3.05) is 38.6 Å². The van der Waals surface area contributed by atoms with Gasteiger partial charge in [-0.15, -0.1) is 0 Å². The Hall–Kier alpha value is -2.13. The standard InChI is InChI=1S/C14H17FN4O/c1-18(2)14(20)13-9-17-6-7-19(13)12-5-3-4-11(15)10(12)8-16/h3-5,13,17H,6-7,9H2,1-2H3. The fourth-order valence-electron chi connectivity index (χ4n) is 2.37. The van der Waals surface area contributed by atoms with E-state index in [0.717, 1.165) is 0 Å². The first-order valence-corrected chi connectivity index (χ1v) is 6.43. The Labute approximate surface area is 117 Å². The van der Waals surface area contributed by atoms with E-state index in [1.165, 1.54) is 11.0 Å². The maximum atomic E-state index is 13.7. The third-order valence-electron chi connectivity index (χ3n) is 3.38. The Morgan fingerprint density at radius 1 is 1.55 bits per heavy atom. The van der Waals surface area contributed by atoms with Gasteiger partial charge < -0.3 is 15.1 Å². The Morgan fingerprint density at radius 2 is 2.30 bits per heavy atom. The third-order valence-corrected chi connectivity index (χ3v) is 3.38. The summed E-state index contributed by atoms with van der Waals surface area (Å²) in [4.78, 5) is 15.5. The Bertz CT molecular complexity index is 553. The number of halogens is 1. The molecule has 1 aromatic carbocycles. The van der Waals surface area contributed by atoms with Crippen LogP contribution in [0.3, 0.4) is 0 Å². The van der Waals surface area contributed by atoms with E-state index in [1.54, 1.807) is 31.1 Å². The van der Waals surface area contributed by atoms with Crippen molar-refractivity contribution < 1.29 is 9.18 Å². The van der Waals surface area contributed by atoms with Crippen LogP contribution < -0.4 is 10.2 Å². The lowest BCUT2D eigenvalue weighted by molar-refractivity contribution is -0.130. The van der Waals surface area contributed by atoms with Crippen LogP contribution in [0.15, 0.2) is 18.2 Å². The van der Waals surface area contributed by atoms with E-state index in [2.05, 4.69) is 5.32 Å². The first-order chi connectivity index (χ1) is 9.56. The molecule has 0 saturated carbocycles. The van der Waals surface area contributed by atoms with Crippen molar-refractivity contribution in [3.8, 4) is 6.07 Å². The molecule has 1 unspecified atom stereocenters. The number of rotatable bonds is 2. The minimum absolute atomic E-state index is 0.00837. The fraction of sp³-hybridized carbons (Fsp3) is 0.429. The van der Waals surface area contributed by atoms with Crippen LogP contribution in [0.1, 0.15) is 5.56 Å². The van der Waals surface area contributed by atoms with E-state index in [9.17, 15) is 9.18 Å². The molecule has 5 nitrogen and oxygen atoms in total. The van der Waals surface area contributed by atoms with Crippen molar-refractivity contribution in [3.05, 3.63) is 29.6 Å². The van der Waals surface area contributed by atoms with Crippen LogP contribution in [-0.4, -0.2) is 50.6 Å². The van der Waals surface area contributed by atoms with Gasteiger partial charge in [0.1, 0.15) is 23.5 Å². The lowest BCUT2D eigenvalue weighted by Crippen LogP contribution is -2.58. The molecule has 1 atom stereocenters. The minimum Gasteiger partial charge on any atom is -0.356 e. The number of amides is 1. The van der Waals surface area contributed by atoms with Gasteiger partial charge in [0.2, 0.25) is 5.91 Å². The number of anilines is 1. The van der Waals surface area contributed by atoms with Gasteiger partial charge >= 0.3 is 0 Å². The first-order valence-electron chi connectivity index (χ1n) is 6.43. The number of nitrogens with zero attached hydrogens (tertiary/aromatic N) is 3. The molecule has 1 fully saturated rings. The van der Waals surface area contributed by atoms with Crippen LogP contribution >= 0.6 is 0 Å². The van der Waals surface area contributed by atoms with Gasteiger partial charge in [-0.25, -0.2) is 4.39 Å². The molecule has 0 spiro atoms. The number of benzene rings is 1. The van der Waals surface area contributed by atoms with Gasteiger partial charge in [0, 0.05) is 33.7 Å². The normalized spacial score (nSPS) is 18.5. The van der Waals surface area contributed by atoms with Gasteiger partial charge in [-0.1, -0.05) is 6.07 Å². The molecular weight excluding hydrogens is 259 g/mol. The highest BCUT2D eigenvalue weighted by atomic mass is 19.1. The lowest BCUT2D eigenvalue weighted by Gasteiger charge is -2.38. The molecule has 0 bridgehead atoms. The lowest BCUT2D eigenvalue weighted by atomic mass is 10.1. The maximum absolute atomic E-state index is 13.7. The highest BCUT2D eigenvalue weighted by Crippen LogP contribution is 2.25. The quantitative estimate of drug-likeness (QED) is 0.857. The topological polar surface area (TPSA) is 59.4 Å². The number of piperazine rings is 1. The molecule has 2 rings (SSSR count). The summed E-state index contributed by atoms with van der Waals surface area (Å²) in [5.74, 6) is -0.620. The monoisotopic (exact) mass is 276 g/mol. The van der Waals surface area contributed by atoms with Gasteiger partial charge in [-0.2, -0.15) is 5.26 Å². The van der Waals surface area contributed by atoms with Gasteiger partial charge in [-0.05, 0) is 12.1 Å². The average molecular weight is 276 g/mol. The van der Waals surface area contributed by atoms with Crippen molar-refractivity contribution in [2.24, 2.45) is 0 Å². The van der Waals surface area contributed by atoms with Crippen molar-refractivity contribution in [2.45, 2.75) is 6.04 Å². The zero-order chi connectivity index (χ0) is 14.7. The summed E-state index contributed by atoms with van der Waals surface area (Å²) in [6.45, 7) is 1.74. The highest BCUT2D eigenvalue weighted by molar-refractivity contribution is 5.86. The van der Waals surface area contributed by atoms with Crippen LogP contribution in [0.25, 0.3) is 0 Å². The van der Waals surface area contributed by atoms with E-state index in [1.807, 2.05) is 6.07 Å². The molecule has 106 valence electrons. The largest absolute Gasteiger partial charge is 0.356 e. The second-order valence-electron chi connectivity index (χ2n) is 4.89. The number of carbonyl (C=O) groups excluding carboxylic acids is 1. The average Bonchev–Trinajstić information content (AvgIpc) is 2.46. The maximum Gasteiger partial charge on any atom is 0.246 e. The van der Waals surface area contributed by atoms with Crippen molar-refractivity contribution >= 4 is 11.6 Å². The van der Waals surface area contributed by atoms with Gasteiger partial charge in [0.05, 0.1) is 5.69 Å². The molecule has 1 aliphatic heterocycles. The van der Waals surface area contributed by atoms with Crippen molar-refractivity contribution in [1.29, 1.82) is 5.26 Å². The molecule has 1 saturated heterocycles. The third kappa shape index (κ3) is 2.58. The van der Waals surface area contributed by atoms with Gasteiger partial charge in [0.15, 0.2) is 0 Å². The summed E-state index contributed by atoms with van der Waals surface area (Å²) < 4.78 is 13.7. The van der Waals surface area contributed by atoms with Gasteiger partial charge in [0.25, 0.3) is 0 Å². The van der Waals surface area contributed by atoms with E-state index in [-0.39, 0.29) is 11.5 Å². The summed E-state index contributed by atoms with van der Waals surface area (Å²) >= 11 is 0. The summed E-state index contributed by atoms with van der Waals surface area (Å²) in [7, 11) is 3.37. The van der Waals surface area contributed by atoms with Crippen molar-refractivity contribution in [1.82, 2.24) is 10.2 Å². The number of hydrogen-bond donors (Lipinski definition) is 1. The molecular formula is C14H17FN4O. The van der Waals surface area contributed by atoms with E-state index in [4.69, 9.17) is 5.26 Å². The molecule has 1 amide bonds. The van der Waals surface area contributed by atoms with Crippen LogP contribution in [0.5, 0.6) is 0 Å². The summed E-state index contributed by atoms with van der Waals surface area (Å²) in [5, 5.41) is 12.3. The van der Waals surface area contributed by atoms with E-state index < -0.39 is 11.9 Å². The number of nitriles is 1. The summed E-state index contributed by atoms with van der Waals surface area (Å²) in [6, 6.07) is 5.97. The second kappa shape index (κ2) is 5.88. The Kier molecular flexibility index (Phi) is 4.20. The van der Waals surface area contributed by atoms with Crippen molar-refractivity contribution in [3.63, 3.8) is 0 Å². The van der Waals surface area contributed by atoms with Crippen LogP contribution in [-0.2, 0) is 4.79 Å². The van der Waals surface area contributed by atoms with Crippen LogP contribution in [0.2, 0.25) is 0 Å². The highest BCUT2D eigenvalue weighted by Gasteiger charge is 2.31. The molecule has 0 aromatic heterocycles. The zero-order valence-electron chi connectivity index (χ0n) is 11.6. The Balaban J connectivity index is 2.41. The molecule has 0 aliphatic carbocycles. The predicted octanol–water partition coefficient (Wildman–Crippen LogP) is 0.564. The number of hydrogen-bond acceptors (Lipinski definition) is 4. The molecule has 0 radical (unpaired) electrons. The number of carbonyl (C=O) groups is 1. The van der Waals surface area contributed by atoms with E-state index in [0.29, 0.717) is 25.3 Å². The molecule has 6 heteroatoms. The Morgan fingerprint density at radius 3 is 2.95 bits per heavy atom. The number of nitrogens with one attached hydrogen (secondary N) is 1. The van der Waals surface area contributed by atoms with Crippen LogP contribution in [0, 0.1) is 17.1 Å². The molecule has 20 heavy (non-hydrogen) atoms. The first kappa shape index (κ1) is 14.3. The second-order valence-corrected chi connectivity index (χ2v) is 4.89. The molecule has 1 aromatic rings. The van der Waals surface area contributed by atoms with E-state index >= 15 is 0 Å². The number of likely N-dealkylation sites (N-methyl/N-ethyl adjacent to an activating group) is 1. The minimum atomic E-state index is -0.556. The smallest absolute Gasteiger partial charge is 0.246 e. The summed E-state index contributed by atoms with van der Waals surface area (Å²) in [5.41, 5.74) is 0.472. The predicted molar refractivity (Wildman–Crippen MR) is 73.8 cm³/mol. The molecule has 1 heterocycles. The SMILES string of the molecule is CN(C)C(=O)C1CNCCN1c1cccc(F)c1C#N. The molecule has 1 aliphatic rings. The fourth-order valence-corrected chi connectivity index (χ4v) is 2.37. The van der Waals surface area contributed by atoms with Crippen LogP contribution in [0.4, 0.5) is 10.1 Å². The zero-order valence-corrected chi connectivity index (χ0v) is 11.6.